The fourth-order valence-corrected chi connectivity index (χ4v) is 3.41. The van der Waals surface area contributed by atoms with Crippen LogP contribution in [0.2, 0.25) is 0 Å². The molecule has 0 atom stereocenters. The molecule has 1 aromatic heterocycles. The molecule has 2 aromatic carbocycles. The third-order valence-corrected chi connectivity index (χ3v) is 5.05. The minimum atomic E-state index is 0.581. The molecule has 1 heterocycles. The van der Waals surface area contributed by atoms with Gasteiger partial charge >= 0.3 is 0 Å². The number of para-hydroxylation sites is 1. The number of aromatic nitrogens is 2. The number of rotatable bonds is 5. The number of nitrogens with zero attached hydrogens (tertiary/aromatic N) is 2. The molecule has 0 aliphatic carbocycles. The fraction of sp³-hybridized carbons (Fsp3) is 0.273. The molecule has 140 valence electrons. The lowest BCUT2D eigenvalue weighted by Gasteiger charge is -2.14. The van der Waals surface area contributed by atoms with E-state index in [0.717, 1.165) is 35.7 Å². The maximum atomic E-state index is 5.55. The van der Waals surface area contributed by atoms with Gasteiger partial charge in [0, 0.05) is 5.69 Å². The Morgan fingerprint density at radius 2 is 1.63 bits per heavy atom. The van der Waals surface area contributed by atoms with Gasteiger partial charge in [0.1, 0.15) is 0 Å². The zero-order chi connectivity index (χ0) is 19.4. The van der Waals surface area contributed by atoms with Gasteiger partial charge in [-0.15, -0.1) is 0 Å². The van der Waals surface area contributed by atoms with Crippen LogP contribution >= 0.6 is 12.2 Å². The summed E-state index contributed by atoms with van der Waals surface area (Å²) in [5, 5.41) is 11.9. The van der Waals surface area contributed by atoms with Crippen LogP contribution in [-0.2, 0) is 13.0 Å². The van der Waals surface area contributed by atoms with Crippen LogP contribution in [0.3, 0.4) is 0 Å². The highest BCUT2D eigenvalue weighted by atomic mass is 32.1. The van der Waals surface area contributed by atoms with E-state index in [9.17, 15) is 0 Å². The number of aryl methyl sites for hydroxylation is 3. The van der Waals surface area contributed by atoms with E-state index < -0.39 is 0 Å². The second-order valence-corrected chi connectivity index (χ2v) is 7.13. The molecular formula is C22H26N4S. The molecule has 0 spiro atoms. The van der Waals surface area contributed by atoms with Gasteiger partial charge in [-0.05, 0) is 62.2 Å². The van der Waals surface area contributed by atoms with Gasteiger partial charge in [-0.3, -0.25) is 4.68 Å². The monoisotopic (exact) mass is 378 g/mol. The molecule has 5 heteroatoms. The molecule has 0 saturated heterocycles. The summed E-state index contributed by atoms with van der Waals surface area (Å²) >= 11 is 5.55. The molecule has 3 rings (SSSR count). The predicted octanol–water partition coefficient (Wildman–Crippen LogP) is 5.23. The molecule has 0 unspecified atom stereocenters. The number of thiocarbonyl (C=S) groups is 1. The molecule has 2 N–H and O–H groups in total. The van der Waals surface area contributed by atoms with Crippen molar-refractivity contribution in [1.29, 1.82) is 0 Å². The lowest BCUT2D eigenvalue weighted by atomic mass is 10.1. The van der Waals surface area contributed by atoms with Gasteiger partial charge in [-0.25, -0.2) is 0 Å². The highest BCUT2D eigenvalue weighted by Crippen LogP contribution is 2.22. The Labute approximate surface area is 166 Å². The number of benzene rings is 2. The van der Waals surface area contributed by atoms with Gasteiger partial charge < -0.3 is 10.6 Å². The van der Waals surface area contributed by atoms with Crippen LogP contribution in [0.25, 0.3) is 0 Å². The number of anilines is 2. The molecule has 0 bridgehead atoms. The van der Waals surface area contributed by atoms with Crippen LogP contribution in [0, 0.1) is 20.8 Å². The third-order valence-electron chi connectivity index (χ3n) is 4.85. The van der Waals surface area contributed by atoms with E-state index in [-0.39, 0.29) is 0 Å². The summed E-state index contributed by atoms with van der Waals surface area (Å²) in [6, 6.07) is 16.6. The van der Waals surface area contributed by atoms with E-state index in [2.05, 4.69) is 61.7 Å². The van der Waals surface area contributed by atoms with E-state index in [1.54, 1.807) is 0 Å². The summed E-state index contributed by atoms with van der Waals surface area (Å²) in [6.07, 6.45) is 0.957. The predicted molar refractivity (Wildman–Crippen MR) is 118 cm³/mol. The Bertz CT molecular complexity index is 959. The van der Waals surface area contributed by atoms with Crippen molar-refractivity contribution in [1.82, 2.24) is 9.78 Å². The van der Waals surface area contributed by atoms with E-state index in [0.29, 0.717) is 5.11 Å². The SMILES string of the molecule is CCc1ccccc1NC(=S)Nc1c(C)nn(Cc2ccccc2C)c1C. The van der Waals surface area contributed by atoms with Gasteiger partial charge in [-0.2, -0.15) is 5.10 Å². The largest absolute Gasteiger partial charge is 0.332 e. The Balaban J connectivity index is 1.76. The third kappa shape index (κ3) is 4.37. The zero-order valence-electron chi connectivity index (χ0n) is 16.3. The van der Waals surface area contributed by atoms with E-state index in [4.69, 9.17) is 17.3 Å². The van der Waals surface area contributed by atoms with Crippen LogP contribution in [0.15, 0.2) is 48.5 Å². The summed E-state index contributed by atoms with van der Waals surface area (Å²) in [7, 11) is 0. The smallest absolute Gasteiger partial charge is 0.175 e. The fourth-order valence-electron chi connectivity index (χ4n) is 3.20. The Hall–Kier alpha value is -2.66. The minimum Gasteiger partial charge on any atom is -0.332 e. The molecule has 3 aromatic rings. The first-order valence-corrected chi connectivity index (χ1v) is 9.64. The minimum absolute atomic E-state index is 0.581. The Morgan fingerprint density at radius 1 is 0.963 bits per heavy atom. The second kappa shape index (κ2) is 8.35. The van der Waals surface area contributed by atoms with Crippen molar-refractivity contribution in [2.45, 2.75) is 40.7 Å². The van der Waals surface area contributed by atoms with Crippen LogP contribution in [0.1, 0.15) is 35.0 Å². The van der Waals surface area contributed by atoms with Crippen LogP contribution in [0.5, 0.6) is 0 Å². The molecule has 0 amide bonds. The highest BCUT2D eigenvalue weighted by Gasteiger charge is 2.14. The van der Waals surface area contributed by atoms with Crippen molar-refractivity contribution in [3.05, 3.63) is 76.6 Å². The standard InChI is InChI=1S/C22H26N4S/c1-5-18-11-8-9-13-20(18)23-22(27)24-21-16(3)25-26(17(21)4)14-19-12-7-6-10-15(19)2/h6-13H,5,14H2,1-4H3,(H2,23,24,27). The van der Waals surface area contributed by atoms with Crippen LogP contribution in [0.4, 0.5) is 11.4 Å². The quantitative estimate of drug-likeness (QED) is 0.597. The summed E-state index contributed by atoms with van der Waals surface area (Å²) < 4.78 is 2.03. The van der Waals surface area contributed by atoms with Gasteiger partial charge in [-0.1, -0.05) is 49.4 Å². The van der Waals surface area contributed by atoms with Crippen molar-refractivity contribution < 1.29 is 0 Å². The zero-order valence-corrected chi connectivity index (χ0v) is 17.2. The first kappa shape index (κ1) is 19.1. The molecule has 27 heavy (non-hydrogen) atoms. The summed E-state index contributed by atoms with van der Waals surface area (Å²) in [5.41, 5.74) is 7.80. The van der Waals surface area contributed by atoms with Gasteiger partial charge in [0.05, 0.1) is 23.6 Å². The van der Waals surface area contributed by atoms with E-state index in [1.807, 2.05) is 29.8 Å². The first-order chi connectivity index (χ1) is 13.0. The van der Waals surface area contributed by atoms with Crippen molar-refractivity contribution in [3.63, 3.8) is 0 Å². The normalized spacial score (nSPS) is 10.7. The Morgan fingerprint density at radius 3 is 2.33 bits per heavy atom. The van der Waals surface area contributed by atoms with Gasteiger partial charge in [0.2, 0.25) is 0 Å². The lowest BCUT2D eigenvalue weighted by molar-refractivity contribution is 0.657. The summed E-state index contributed by atoms with van der Waals surface area (Å²) in [6.45, 7) is 9.10. The van der Waals surface area contributed by atoms with Crippen LogP contribution < -0.4 is 10.6 Å². The second-order valence-electron chi connectivity index (χ2n) is 6.72. The molecule has 0 aliphatic heterocycles. The maximum absolute atomic E-state index is 5.55. The molecular weight excluding hydrogens is 352 g/mol. The highest BCUT2D eigenvalue weighted by molar-refractivity contribution is 7.80. The van der Waals surface area contributed by atoms with E-state index >= 15 is 0 Å². The van der Waals surface area contributed by atoms with Crippen molar-refractivity contribution in [2.75, 3.05) is 10.6 Å². The van der Waals surface area contributed by atoms with Gasteiger partial charge in [0.25, 0.3) is 0 Å². The van der Waals surface area contributed by atoms with Crippen LogP contribution in [-0.4, -0.2) is 14.9 Å². The van der Waals surface area contributed by atoms with Crippen molar-refractivity contribution >= 4 is 28.7 Å². The maximum Gasteiger partial charge on any atom is 0.175 e. The number of hydrogen-bond donors (Lipinski definition) is 2. The molecule has 0 saturated carbocycles. The first-order valence-electron chi connectivity index (χ1n) is 9.24. The molecule has 0 aliphatic rings. The molecule has 0 radical (unpaired) electrons. The van der Waals surface area contributed by atoms with Crippen molar-refractivity contribution in [2.24, 2.45) is 0 Å². The lowest BCUT2D eigenvalue weighted by Crippen LogP contribution is -2.20. The molecule has 4 nitrogen and oxygen atoms in total. The number of nitrogens with one attached hydrogen (secondary N) is 2. The average molecular weight is 379 g/mol. The van der Waals surface area contributed by atoms with Crippen molar-refractivity contribution in [3.8, 4) is 0 Å². The Kier molecular flexibility index (Phi) is 5.91. The number of hydrogen-bond acceptors (Lipinski definition) is 2. The molecule has 0 fully saturated rings. The van der Waals surface area contributed by atoms with E-state index in [1.165, 1.54) is 16.7 Å². The summed E-state index contributed by atoms with van der Waals surface area (Å²) in [4.78, 5) is 0. The topological polar surface area (TPSA) is 41.9 Å². The van der Waals surface area contributed by atoms with Gasteiger partial charge in [0.15, 0.2) is 5.11 Å². The summed E-state index contributed by atoms with van der Waals surface area (Å²) in [5.74, 6) is 0. The average Bonchev–Trinajstić information content (AvgIpc) is 2.91.